The summed E-state index contributed by atoms with van der Waals surface area (Å²) in [5.41, 5.74) is 1.34. The number of amides is 1. The van der Waals surface area contributed by atoms with Crippen molar-refractivity contribution < 1.29 is 4.79 Å². The monoisotopic (exact) mass is 327 g/mol. The third-order valence-corrected chi connectivity index (χ3v) is 4.72. The fourth-order valence-corrected chi connectivity index (χ4v) is 3.34. The number of piperidine rings is 1. The lowest BCUT2D eigenvalue weighted by Crippen LogP contribution is -2.40. The van der Waals surface area contributed by atoms with E-state index in [1.165, 1.54) is 12.7 Å². The number of likely N-dealkylation sites (tertiary alicyclic amines) is 1. The fraction of sp³-hybridized carbons (Fsp3) is 0.556. The highest BCUT2D eigenvalue weighted by molar-refractivity contribution is 5.95. The lowest BCUT2D eigenvalue weighted by atomic mass is 9.96. The summed E-state index contributed by atoms with van der Waals surface area (Å²) in [6.07, 6.45) is 11.4. The summed E-state index contributed by atoms with van der Waals surface area (Å²) in [5.74, 6) is 1.45. The van der Waals surface area contributed by atoms with E-state index in [9.17, 15) is 4.79 Å². The lowest BCUT2D eigenvalue weighted by molar-refractivity contribution is 0.0701. The average molecular weight is 327 g/mol. The molecule has 0 aliphatic carbocycles. The second-order valence-electron chi connectivity index (χ2n) is 6.44. The number of aromatic nitrogens is 4. The van der Waals surface area contributed by atoms with Crippen molar-refractivity contribution in [3.63, 3.8) is 0 Å². The summed E-state index contributed by atoms with van der Waals surface area (Å²) in [4.78, 5) is 27.5. The van der Waals surface area contributed by atoms with Gasteiger partial charge in [0.25, 0.3) is 5.91 Å². The van der Waals surface area contributed by atoms with Crippen LogP contribution in [0, 0.1) is 6.92 Å². The molecule has 1 aliphatic heterocycles. The Morgan fingerprint density at radius 2 is 2.25 bits per heavy atom. The highest BCUT2D eigenvalue weighted by Gasteiger charge is 2.28. The molecule has 3 heterocycles. The van der Waals surface area contributed by atoms with Crippen molar-refractivity contribution in [2.75, 3.05) is 13.1 Å². The molecule has 1 fully saturated rings. The Balaban J connectivity index is 1.74. The fourth-order valence-electron chi connectivity index (χ4n) is 3.34. The van der Waals surface area contributed by atoms with Crippen LogP contribution in [0.4, 0.5) is 0 Å². The van der Waals surface area contributed by atoms with Crippen LogP contribution in [0.2, 0.25) is 0 Å². The number of nitrogens with zero attached hydrogens (tertiary/aromatic N) is 5. The van der Waals surface area contributed by atoms with Gasteiger partial charge < -0.3 is 9.47 Å². The van der Waals surface area contributed by atoms with Crippen LogP contribution in [0.1, 0.15) is 60.4 Å². The molecule has 0 aromatic carbocycles. The minimum Gasteiger partial charge on any atom is -0.338 e. The van der Waals surface area contributed by atoms with Crippen LogP contribution in [0.15, 0.2) is 24.9 Å². The van der Waals surface area contributed by atoms with Crippen molar-refractivity contribution in [3.8, 4) is 0 Å². The average Bonchev–Trinajstić information content (AvgIpc) is 3.08. The molecule has 2 aromatic rings. The van der Waals surface area contributed by atoms with Gasteiger partial charge in [-0.1, -0.05) is 13.3 Å². The normalized spacial score (nSPS) is 17.9. The summed E-state index contributed by atoms with van der Waals surface area (Å²) >= 11 is 0. The minimum absolute atomic E-state index is 0.0319. The van der Waals surface area contributed by atoms with Gasteiger partial charge >= 0.3 is 0 Å². The highest BCUT2D eigenvalue weighted by atomic mass is 16.2. The molecule has 6 heteroatoms. The largest absolute Gasteiger partial charge is 0.338 e. The van der Waals surface area contributed by atoms with Gasteiger partial charge in [0.2, 0.25) is 0 Å². The van der Waals surface area contributed by atoms with E-state index in [0.717, 1.165) is 50.4 Å². The summed E-state index contributed by atoms with van der Waals surface area (Å²) in [7, 11) is 0. The zero-order chi connectivity index (χ0) is 16.9. The van der Waals surface area contributed by atoms with Crippen LogP contribution < -0.4 is 0 Å². The van der Waals surface area contributed by atoms with Gasteiger partial charge in [0.15, 0.2) is 0 Å². The Labute approximate surface area is 142 Å². The number of hydrogen-bond donors (Lipinski definition) is 0. The first-order valence-electron chi connectivity index (χ1n) is 8.77. The van der Waals surface area contributed by atoms with E-state index in [0.29, 0.717) is 11.5 Å². The number of carbonyl (C=O) groups excluding carboxylic acids is 1. The Morgan fingerprint density at radius 3 is 3.04 bits per heavy atom. The van der Waals surface area contributed by atoms with Crippen molar-refractivity contribution in [3.05, 3.63) is 42.0 Å². The van der Waals surface area contributed by atoms with Gasteiger partial charge in [0.05, 0.1) is 11.3 Å². The number of rotatable bonds is 5. The van der Waals surface area contributed by atoms with Crippen LogP contribution >= 0.6 is 0 Å². The zero-order valence-electron chi connectivity index (χ0n) is 14.5. The predicted molar refractivity (Wildman–Crippen MR) is 91.8 cm³/mol. The van der Waals surface area contributed by atoms with E-state index in [-0.39, 0.29) is 5.91 Å². The van der Waals surface area contributed by atoms with E-state index in [1.54, 1.807) is 6.20 Å². The van der Waals surface area contributed by atoms with E-state index in [2.05, 4.69) is 32.6 Å². The molecular weight excluding hydrogens is 302 g/mol. The van der Waals surface area contributed by atoms with E-state index in [1.807, 2.05) is 18.0 Å². The van der Waals surface area contributed by atoms with Gasteiger partial charge in [-0.2, -0.15) is 0 Å². The predicted octanol–water partition coefficient (Wildman–Crippen LogP) is 2.80. The molecule has 0 saturated carbocycles. The van der Waals surface area contributed by atoms with E-state index < -0.39 is 0 Å². The molecule has 0 bridgehead atoms. The number of carbonyl (C=O) groups is 1. The van der Waals surface area contributed by atoms with E-state index >= 15 is 0 Å². The first-order chi connectivity index (χ1) is 11.7. The molecule has 24 heavy (non-hydrogen) atoms. The zero-order valence-corrected chi connectivity index (χ0v) is 14.5. The van der Waals surface area contributed by atoms with Crippen LogP contribution in [0.5, 0.6) is 0 Å². The molecule has 3 rings (SSSR count). The standard InChI is InChI=1S/C18H25N5O/c1-3-4-8-22-10-7-20-17(22)15-6-5-9-23(12-15)18(24)16-11-19-13-21-14(16)2/h7,10-11,13,15H,3-6,8-9,12H2,1-2H3. The molecular formula is C18H25N5O. The van der Waals surface area contributed by atoms with Crippen molar-refractivity contribution in [2.45, 2.75) is 52.0 Å². The Hall–Kier alpha value is -2.24. The van der Waals surface area contributed by atoms with Gasteiger partial charge in [-0.3, -0.25) is 4.79 Å². The molecule has 1 unspecified atom stereocenters. The van der Waals surface area contributed by atoms with Gasteiger partial charge in [-0.25, -0.2) is 15.0 Å². The molecule has 0 spiro atoms. The molecule has 0 radical (unpaired) electrons. The van der Waals surface area contributed by atoms with Crippen molar-refractivity contribution in [1.29, 1.82) is 0 Å². The topological polar surface area (TPSA) is 63.9 Å². The number of unbranched alkanes of at least 4 members (excludes halogenated alkanes) is 1. The quantitative estimate of drug-likeness (QED) is 0.847. The molecule has 1 saturated heterocycles. The molecule has 1 amide bonds. The Kier molecular flexibility index (Phi) is 5.23. The molecule has 2 aromatic heterocycles. The summed E-state index contributed by atoms with van der Waals surface area (Å²) in [6, 6.07) is 0. The maximum Gasteiger partial charge on any atom is 0.257 e. The van der Waals surface area contributed by atoms with Crippen molar-refractivity contribution in [1.82, 2.24) is 24.4 Å². The summed E-state index contributed by atoms with van der Waals surface area (Å²) < 4.78 is 2.25. The maximum atomic E-state index is 12.8. The summed E-state index contributed by atoms with van der Waals surface area (Å²) in [6.45, 7) is 6.56. The van der Waals surface area contributed by atoms with Crippen LogP contribution in [-0.4, -0.2) is 43.4 Å². The SMILES string of the molecule is CCCCn1ccnc1C1CCCN(C(=O)c2cncnc2C)C1. The van der Waals surface area contributed by atoms with Crippen molar-refractivity contribution in [2.24, 2.45) is 0 Å². The number of imidazole rings is 1. The van der Waals surface area contributed by atoms with Gasteiger partial charge in [0.1, 0.15) is 12.2 Å². The second-order valence-corrected chi connectivity index (χ2v) is 6.44. The summed E-state index contributed by atoms with van der Waals surface area (Å²) in [5, 5.41) is 0. The van der Waals surface area contributed by atoms with Gasteiger partial charge in [-0.15, -0.1) is 0 Å². The van der Waals surface area contributed by atoms with Gasteiger partial charge in [0, 0.05) is 44.1 Å². The molecule has 6 nitrogen and oxygen atoms in total. The highest BCUT2D eigenvalue weighted by Crippen LogP contribution is 2.27. The first-order valence-corrected chi connectivity index (χ1v) is 8.77. The Bertz CT molecular complexity index is 696. The van der Waals surface area contributed by atoms with Gasteiger partial charge in [-0.05, 0) is 26.2 Å². The van der Waals surface area contributed by atoms with Crippen LogP contribution in [-0.2, 0) is 6.54 Å². The smallest absolute Gasteiger partial charge is 0.257 e. The first kappa shape index (κ1) is 16.6. The molecule has 128 valence electrons. The lowest BCUT2D eigenvalue weighted by Gasteiger charge is -2.33. The third kappa shape index (κ3) is 3.47. The number of hydrogen-bond acceptors (Lipinski definition) is 4. The maximum absolute atomic E-state index is 12.8. The van der Waals surface area contributed by atoms with Crippen LogP contribution in [0.3, 0.4) is 0 Å². The van der Waals surface area contributed by atoms with Crippen LogP contribution in [0.25, 0.3) is 0 Å². The Morgan fingerprint density at radius 1 is 1.38 bits per heavy atom. The number of aryl methyl sites for hydroxylation is 2. The molecule has 1 atom stereocenters. The second kappa shape index (κ2) is 7.55. The molecule has 1 aliphatic rings. The molecule has 0 N–H and O–H groups in total. The van der Waals surface area contributed by atoms with Crippen molar-refractivity contribution >= 4 is 5.91 Å². The van der Waals surface area contributed by atoms with E-state index in [4.69, 9.17) is 0 Å². The minimum atomic E-state index is 0.0319. The third-order valence-electron chi connectivity index (χ3n) is 4.72.